The molecule has 0 saturated heterocycles. The molecule has 0 amide bonds. The Kier molecular flexibility index (Phi) is 5.47. The van der Waals surface area contributed by atoms with Gasteiger partial charge in [-0.3, -0.25) is 0 Å². The number of hydrogen-bond donors (Lipinski definition) is 0. The monoisotopic (exact) mass is 365 g/mol. The third-order valence-corrected chi connectivity index (χ3v) is 5.53. The van der Waals surface area contributed by atoms with Gasteiger partial charge in [0, 0.05) is 19.7 Å². The molecule has 11 heteroatoms. The zero-order chi connectivity index (χ0) is 18.1. The number of ether oxygens (including phenoxy) is 1. The molecular formula is C12H16F5NO4S. The SMILES string of the molecule is C=CC(=O)OCCN(C)S(=O)(=O)C(F)(F)C(F)(F)C1(F)CCC1. The van der Waals surface area contributed by atoms with Crippen LogP contribution >= 0.6 is 0 Å². The van der Waals surface area contributed by atoms with E-state index in [1.54, 1.807) is 0 Å². The summed E-state index contributed by atoms with van der Waals surface area (Å²) in [6.45, 7) is 1.61. The van der Waals surface area contributed by atoms with Crippen LogP contribution in [0.15, 0.2) is 12.7 Å². The lowest BCUT2D eigenvalue weighted by Crippen LogP contribution is -2.64. The first-order valence-electron chi connectivity index (χ1n) is 6.53. The number of hydrogen-bond acceptors (Lipinski definition) is 4. The van der Waals surface area contributed by atoms with Crippen LogP contribution in [0.4, 0.5) is 22.0 Å². The van der Waals surface area contributed by atoms with Gasteiger partial charge in [-0.25, -0.2) is 17.6 Å². The van der Waals surface area contributed by atoms with Gasteiger partial charge in [0.2, 0.25) is 0 Å². The molecule has 0 bridgehead atoms. The molecule has 0 spiro atoms. The van der Waals surface area contributed by atoms with Crippen molar-refractivity contribution in [3.05, 3.63) is 12.7 Å². The number of carbonyl (C=O) groups is 1. The number of rotatable bonds is 8. The maximum absolute atomic E-state index is 13.9. The van der Waals surface area contributed by atoms with Gasteiger partial charge in [-0.05, 0) is 19.3 Å². The summed E-state index contributed by atoms with van der Waals surface area (Å²) in [7, 11) is -5.26. The number of likely N-dealkylation sites (N-methyl/N-ethyl adjacent to an activating group) is 1. The summed E-state index contributed by atoms with van der Waals surface area (Å²) in [5.74, 6) is -6.31. The molecule has 0 radical (unpaired) electrons. The zero-order valence-corrected chi connectivity index (χ0v) is 13.0. The van der Waals surface area contributed by atoms with E-state index in [1.165, 1.54) is 0 Å². The van der Waals surface area contributed by atoms with E-state index in [1.807, 2.05) is 0 Å². The number of esters is 1. The van der Waals surface area contributed by atoms with E-state index in [0.717, 1.165) is 6.08 Å². The third-order valence-electron chi connectivity index (χ3n) is 3.63. The largest absolute Gasteiger partial charge is 0.461 e. The van der Waals surface area contributed by atoms with Crippen LogP contribution in [-0.2, 0) is 19.6 Å². The van der Waals surface area contributed by atoms with Gasteiger partial charge in [0.15, 0.2) is 5.67 Å². The molecule has 0 heterocycles. The van der Waals surface area contributed by atoms with Crippen LogP contribution in [0, 0.1) is 0 Å². The Labute approximate surface area is 130 Å². The molecule has 1 saturated carbocycles. The van der Waals surface area contributed by atoms with Gasteiger partial charge in [0.25, 0.3) is 10.0 Å². The van der Waals surface area contributed by atoms with E-state index in [4.69, 9.17) is 0 Å². The summed E-state index contributed by atoms with van der Waals surface area (Å²) in [6, 6.07) is 0. The minimum Gasteiger partial charge on any atom is -0.461 e. The van der Waals surface area contributed by atoms with Crippen LogP contribution in [0.2, 0.25) is 0 Å². The molecule has 0 N–H and O–H groups in total. The minimum atomic E-state index is -5.87. The van der Waals surface area contributed by atoms with Crippen molar-refractivity contribution >= 4 is 16.0 Å². The second-order valence-corrected chi connectivity index (χ2v) is 7.19. The number of nitrogens with zero attached hydrogens (tertiary/aromatic N) is 1. The van der Waals surface area contributed by atoms with Gasteiger partial charge in [0.1, 0.15) is 6.61 Å². The Balaban J connectivity index is 2.91. The van der Waals surface area contributed by atoms with Crippen LogP contribution < -0.4 is 0 Å². The molecule has 134 valence electrons. The molecule has 0 aliphatic heterocycles. The van der Waals surface area contributed by atoms with Gasteiger partial charge in [-0.2, -0.15) is 21.9 Å². The average molecular weight is 365 g/mol. The second-order valence-electron chi connectivity index (χ2n) is 5.11. The van der Waals surface area contributed by atoms with Crippen LogP contribution in [-0.4, -0.2) is 55.7 Å². The van der Waals surface area contributed by atoms with Crippen molar-refractivity contribution in [1.82, 2.24) is 4.31 Å². The van der Waals surface area contributed by atoms with Crippen molar-refractivity contribution in [2.75, 3.05) is 20.2 Å². The molecule has 23 heavy (non-hydrogen) atoms. The summed E-state index contributed by atoms with van der Waals surface area (Å²) < 4.78 is 96.7. The van der Waals surface area contributed by atoms with Gasteiger partial charge < -0.3 is 4.74 Å². The van der Waals surface area contributed by atoms with E-state index in [9.17, 15) is 35.2 Å². The predicted octanol–water partition coefficient (Wildman–Crippen LogP) is 2.10. The molecular weight excluding hydrogens is 349 g/mol. The molecule has 0 unspecified atom stereocenters. The van der Waals surface area contributed by atoms with Crippen LogP contribution in [0.5, 0.6) is 0 Å². The minimum absolute atomic E-state index is 0.0322. The Morgan fingerprint density at radius 1 is 1.35 bits per heavy atom. The summed E-state index contributed by atoms with van der Waals surface area (Å²) in [5, 5.41) is -5.63. The highest BCUT2D eigenvalue weighted by Crippen LogP contribution is 2.55. The zero-order valence-electron chi connectivity index (χ0n) is 12.2. The smallest absolute Gasteiger partial charge is 0.424 e. The van der Waals surface area contributed by atoms with E-state index in [-0.39, 0.29) is 10.7 Å². The van der Waals surface area contributed by atoms with Gasteiger partial charge in [-0.15, -0.1) is 0 Å². The lowest BCUT2D eigenvalue weighted by atomic mass is 9.77. The molecule has 5 nitrogen and oxygen atoms in total. The lowest BCUT2D eigenvalue weighted by Gasteiger charge is -2.43. The summed E-state index contributed by atoms with van der Waals surface area (Å²) in [5.41, 5.74) is -3.56. The van der Waals surface area contributed by atoms with E-state index >= 15 is 0 Å². The average Bonchev–Trinajstić information content (AvgIpc) is 2.43. The highest BCUT2D eigenvalue weighted by atomic mass is 32.2. The van der Waals surface area contributed by atoms with Gasteiger partial charge in [0.05, 0.1) is 0 Å². The maximum atomic E-state index is 13.9. The fourth-order valence-electron chi connectivity index (χ4n) is 1.87. The van der Waals surface area contributed by atoms with Gasteiger partial charge >= 0.3 is 17.1 Å². The fourth-order valence-corrected chi connectivity index (χ4v) is 3.09. The van der Waals surface area contributed by atoms with Crippen molar-refractivity contribution in [1.29, 1.82) is 0 Å². The van der Waals surface area contributed by atoms with Gasteiger partial charge in [-0.1, -0.05) is 6.58 Å². The Hall–Kier alpha value is -1.23. The highest BCUT2D eigenvalue weighted by Gasteiger charge is 2.77. The van der Waals surface area contributed by atoms with E-state index < -0.39 is 58.8 Å². The molecule has 0 aromatic heterocycles. The van der Waals surface area contributed by atoms with E-state index in [0.29, 0.717) is 7.05 Å². The van der Waals surface area contributed by atoms with E-state index in [2.05, 4.69) is 11.3 Å². The number of sulfonamides is 1. The van der Waals surface area contributed by atoms with Crippen molar-refractivity contribution in [3.8, 4) is 0 Å². The van der Waals surface area contributed by atoms with Crippen molar-refractivity contribution in [2.45, 2.75) is 36.1 Å². The van der Waals surface area contributed by atoms with Crippen molar-refractivity contribution < 1.29 is 39.9 Å². The van der Waals surface area contributed by atoms with Crippen LogP contribution in [0.25, 0.3) is 0 Å². The number of alkyl halides is 5. The normalized spacial score (nSPS) is 18.4. The third kappa shape index (κ3) is 3.21. The Morgan fingerprint density at radius 3 is 2.26 bits per heavy atom. The van der Waals surface area contributed by atoms with Crippen LogP contribution in [0.3, 0.4) is 0 Å². The Morgan fingerprint density at radius 2 is 1.87 bits per heavy atom. The maximum Gasteiger partial charge on any atom is 0.424 e. The topological polar surface area (TPSA) is 63.7 Å². The quantitative estimate of drug-likeness (QED) is 0.375. The first-order valence-corrected chi connectivity index (χ1v) is 7.97. The predicted molar refractivity (Wildman–Crippen MR) is 70.3 cm³/mol. The van der Waals surface area contributed by atoms with Crippen molar-refractivity contribution in [3.63, 3.8) is 0 Å². The highest BCUT2D eigenvalue weighted by molar-refractivity contribution is 7.90. The lowest BCUT2D eigenvalue weighted by molar-refractivity contribution is -0.256. The first-order chi connectivity index (χ1) is 10.3. The molecule has 1 aliphatic rings. The fraction of sp³-hybridized carbons (Fsp3) is 0.750. The number of halogens is 5. The Bertz CT molecular complexity index is 574. The van der Waals surface area contributed by atoms with Crippen molar-refractivity contribution in [2.24, 2.45) is 0 Å². The summed E-state index contributed by atoms with van der Waals surface area (Å²) in [4.78, 5) is 10.8. The molecule has 1 fully saturated rings. The summed E-state index contributed by atoms with van der Waals surface area (Å²) >= 11 is 0. The first kappa shape index (κ1) is 19.8. The second kappa shape index (κ2) is 6.34. The van der Waals surface area contributed by atoms with Crippen LogP contribution in [0.1, 0.15) is 19.3 Å². The molecule has 1 aliphatic carbocycles. The molecule has 1 rings (SSSR count). The number of carbonyl (C=O) groups excluding carboxylic acids is 1. The standard InChI is InChI=1S/C12H16F5NO4S/c1-3-9(19)22-8-7-18(2)23(20,21)12(16,17)11(14,15)10(13)5-4-6-10/h3H,1,4-8H2,2H3. The molecule has 0 atom stereocenters. The molecule has 0 aromatic rings. The summed E-state index contributed by atoms with van der Waals surface area (Å²) in [6.07, 6.45) is -0.964. The molecule has 0 aromatic carbocycles.